The summed E-state index contributed by atoms with van der Waals surface area (Å²) in [6, 6.07) is 9.27. The molecule has 0 aromatic heterocycles. The van der Waals surface area contributed by atoms with E-state index in [1.54, 1.807) is 0 Å². The number of rotatable bonds is 2. The Bertz CT molecular complexity index is 507. The molecule has 0 N–H and O–H groups in total. The third kappa shape index (κ3) is 3.29. The zero-order valence-electron chi connectivity index (χ0n) is 13.3. The van der Waals surface area contributed by atoms with Crippen molar-refractivity contribution in [1.82, 2.24) is 4.90 Å². The molecule has 1 saturated heterocycles. The second-order valence-electron chi connectivity index (χ2n) is 7.34. The predicted molar refractivity (Wildman–Crippen MR) is 83.2 cm³/mol. The fourth-order valence-electron chi connectivity index (χ4n) is 3.49. The molecule has 2 aliphatic rings. The average Bonchev–Trinajstić information content (AvgIpc) is 3.03. The highest BCUT2D eigenvalue weighted by Crippen LogP contribution is 2.30. The molecule has 0 amide bonds. The van der Waals surface area contributed by atoms with Crippen molar-refractivity contribution in [3.05, 3.63) is 35.4 Å². The number of hydrogen-bond donors (Lipinski definition) is 0. The molecule has 1 fully saturated rings. The summed E-state index contributed by atoms with van der Waals surface area (Å²) in [5.41, 5.74) is 2.57. The third-order valence-electron chi connectivity index (χ3n) is 4.51. The fourth-order valence-corrected chi connectivity index (χ4v) is 3.49. The lowest BCUT2D eigenvalue weighted by molar-refractivity contribution is -0.159. The van der Waals surface area contributed by atoms with Crippen molar-refractivity contribution in [1.29, 1.82) is 0 Å². The Balaban J connectivity index is 1.58. The summed E-state index contributed by atoms with van der Waals surface area (Å²) >= 11 is 0. The van der Waals surface area contributed by atoms with Crippen LogP contribution in [0.15, 0.2) is 24.3 Å². The highest BCUT2D eigenvalue weighted by molar-refractivity contribution is 5.73. The molecular formula is C18H25NO2. The molecule has 0 saturated carbocycles. The number of fused-ring (bicyclic) bond motifs is 1. The molecule has 0 bridgehead atoms. The molecule has 0 unspecified atom stereocenters. The lowest BCUT2D eigenvalue weighted by atomic mass is 10.1. The number of benzene rings is 1. The van der Waals surface area contributed by atoms with Crippen molar-refractivity contribution < 1.29 is 9.53 Å². The van der Waals surface area contributed by atoms with Crippen LogP contribution in [0.5, 0.6) is 0 Å². The average molecular weight is 287 g/mol. The van der Waals surface area contributed by atoms with Gasteiger partial charge in [0, 0.05) is 12.6 Å². The van der Waals surface area contributed by atoms with Crippen molar-refractivity contribution in [3.8, 4) is 0 Å². The van der Waals surface area contributed by atoms with Gasteiger partial charge in [0.05, 0.1) is 5.92 Å². The summed E-state index contributed by atoms with van der Waals surface area (Å²) < 4.78 is 5.53. The van der Waals surface area contributed by atoms with E-state index in [-0.39, 0.29) is 17.5 Å². The van der Waals surface area contributed by atoms with E-state index in [1.807, 2.05) is 20.8 Å². The number of carbonyl (C=O) groups is 1. The molecule has 3 heteroatoms. The van der Waals surface area contributed by atoms with Gasteiger partial charge in [0.15, 0.2) is 0 Å². The summed E-state index contributed by atoms with van der Waals surface area (Å²) in [7, 11) is 0. The topological polar surface area (TPSA) is 29.5 Å². The van der Waals surface area contributed by atoms with Gasteiger partial charge in [-0.05, 0) is 57.7 Å². The lowest BCUT2D eigenvalue weighted by Gasteiger charge is -2.25. The number of nitrogens with zero attached hydrogens (tertiary/aromatic N) is 1. The maximum Gasteiger partial charge on any atom is 0.310 e. The second kappa shape index (κ2) is 5.45. The van der Waals surface area contributed by atoms with Crippen molar-refractivity contribution in [2.45, 2.75) is 51.7 Å². The van der Waals surface area contributed by atoms with Crippen LogP contribution in [0.2, 0.25) is 0 Å². The van der Waals surface area contributed by atoms with Crippen LogP contribution in [0.1, 0.15) is 38.3 Å². The zero-order chi connectivity index (χ0) is 15.0. The van der Waals surface area contributed by atoms with Crippen molar-refractivity contribution in [2.24, 2.45) is 5.92 Å². The summed E-state index contributed by atoms with van der Waals surface area (Å²) in [5.74, 6) is 0.0217. The highest BCUT2D eigenvalue weighted by Gasteiger charge is 2.36. The van der Waals surface area contributed by atoms with Gasteiger partial charge in [-0.25, -0.2) is 0 Å². The Kier molecular flexibility index (Phi) is 3.78. The smallest absolute Gasteiger partial charge is 0.310 e. The van der Waals surface area contributed by atoms with Crippen LogP contribution >= 0.6 is 0 Å². The molecule has 1 aromatic rings. The Morgan fingerprint density at radius 2 is 1.81 bits per heavy atom. The Hall–Kier alpha value is -1.35. The van der Waals surface area contributed by atoms with E-state index in [0.29, 0.717) is 6.04 Å². The number of carbonyl (C=O) groups excluding carboxylic acids is 1. The van der Waals surface area contributed by atoms with E-state index in [2.05, 4.69) is 29.2 Å². The van der Waals surface area contributed by atoms with Gasteiger partial charge in [-0.3, -0.25) is 9.69 Å². The van der Waals surface area contributed by atoms with Crippen LogP contribution in [-0.4, -0.2) is 35.6 Å². The zero-order valence-corrected chi connectivity index (χ0v) is 13.3. The largest absolute Gasteiger partial charge is 0.460 e. The summed E-state index contributed by atoms with van der Waals surface area (Å²) in [6.45, 7) is 7.68. The maximum atomic E-state index is 12.2. The fraction of sp³-hybridized carbons (Fsp3) is 0.611. The van der Waals surface area contributed by atoms with Gasteiger partial charge in [-0.2, -0.15) is 0 Å². The van der Waals surface area contributed by atoms with Gasteiger partial charge in [0.2, 0.25) is 0 Å². The first-order valence-corrected chi connectivity index (χ1v) is 7.96. The van der Waals surface area contributed by atoms with Crippen molar-refractivity contribution in [3.63, 3.8) is 0 Å². The van der Waals surface area contributed by atoms with Crippen molar-refractivity contribution in [2.75, 3.05) is 13.1 Å². The molecule has 1 aromatic carbocycles. The Labute approximate surface area is 127 Å². The molecule has 3 rings (SSSR count). The molecule has 21 heavy (non-hydrogen) atoms. The molecule has 1 atom stereocenters. The normalized spacial score (nSPS) is 23.3. The molecule has 114 valence electrons. The van der Waals surface area contributed by atoms with E-state index in [0.717, 1.165) is 32.4 Å². The second-order valence-corrected chi connectivity index (χ2v) is 7.34. The van der Waals surface area contributed by atoms with E-state index < -0.39 is 0 Å². The Morgan fingerprint density at radius 1 is 1.19 bits per heavy atom. The minimum Gasteiger partial charge on any atom is -0.460 e. The van der Waals surface area contributed by atoms with Crippen LogP contribution in [0.4, 0.5) is 0 Å². The number of likely N-dealkylation sites (tertiary alicyclic amines) is 1. The minimum atomic E-state index is -0.381. The lowest BCUT2D eigenvalue weighted by Crippen LogP contribution is -2.36. The van der Waals surface area contributed by atoms with E-state index in [1.165, 1.54) is 11.1 Å². The summed E-state index contributed by atoms with van der Waals surface area (Å²) in [5, 5.41) is 0. The van der Waals surface area contributed by atoms with Crippen molar-refractivity contribution >= 4 is 5.97 Å². The molecular weight excluding hydrogens is 262 g/mol. The highest BCUT2D eigenvalue weighted by atomic mass is 16.6. The van der Waals surface area contributed by atoms with E-state index in [4.69, 9.17) is 4.74 Å². The molecule has 3 nitrogen and oxygen atoms in total. The summed E-state index contributed by atoms with van der Waals surface area (Å²) in [4.78, 5) is 14.7. The third-order valence-corrected chi connectivity index (χ3v) is 4.51. The number of hydrogen-bond acceptors (Lipinski definition) is 3. The van der Waals surface area contributed by atoms with Crippen LogP contribution in [-0.2, 0) is 22.4 Å². The molecule has 1 aliphatic heterocycles. The first-order valence-electron chi connectivity index (χ1n) is 7.96. The first-order chi connectivity index (χ1) is 9.92. The van der Waals surface area contributed by atoms with E-state index in [9.17, 15) is 4.79 Å². The Morgan fingerprint density at radius 3 is 2.38 bits per heavy atom. The molecule has 0 spiro atoms. The quantitative estimate of drug-likeness (QED) is 0.783. The number of esters is 1. The van der Waals surface area contributed by atoms with E-state index >= 15 is 0 Å². The van der Waals surface area contributed by atoms with Crippen LogP contribution in [0.3, 0.4) is 0 Å². The standard InChI is InChI=1S/C18H25NO2/c1-18(2,3)21-17(20)15-8-9-19(12-15)16-10-13-6-4-5-7-14(13)11-16/h4-7,15-16H,8-12H2,1-3H3/t15-/m1/s1. The SMILES string of the molecule is CC(C)(C)OC(=O)[C@@H]1CCN(C2Cc3ccccc3C2)C1. The molecule has 0 radical (unpaired) electrons. The van der Waals surface area contributed by atoms with Gasteiger partial charge in [0.1, 0.15) is 5.60 Å². The van der Waals surface area contributed by atoms with Gasteiger partial charge in [0.25, 0.3) is 0 Å². The molecule has 1 heterocycles. The van der Waals surface area contributed by atoms with Gasteiger partial charge in [-0.15, -0.1) is 0 Å². The van der Waals surface area contributed by atoms with Crippen LogP contribution in [0.25, 0.3) is 0 Å². The van der Waals surface area contributed by atoms with Gasteiger partial charge in [-0.1, -0.05) is 24.3 Å². The van der Waals surface area contributed by atoms with Crippen LogP contribution in [0, 0.1) is 5.92 Å². The maximum absolute atomic E-state index is 12.2. The summed E-state index contributed by atoms with van der Waals surface area (Å²) in [6.07, 6.45) is 3.18. The number of ether oxygens (including phenoxy) is 1. The van der Waals surface area contributed by atoms with Crippen LogP contribution < -0.4 is 0 Å². The predicted octanol–water partition coefficient (Wildman–Crippen LogP) is 2.82. The van der Waals surface area contributed by atoms with Gasteiger partial charge < -0.3 is 4.74 Å². The molecule has 1 aliphatic carbocycles. The first kappa shape index (κ1) is 14.6. The monoisotopic (exact) mass is 287 g/mol. The minimum absolute atomic E-state index is 0.0273. The van der Waals surface area contributed by atoms with Gasteiger partial charge >= 0.3 is 5.97 Å².